The van der Waals surface area contributed by atoms with E-state index >= 15 is 0 Å². The molecule has 0 aromatic carbocycles. The van der Waals surface area contributed by atoms with Crippen molar-refractivity contribution in [1.82, 2.24) is 15.1 Å². The van der Waals surface area contributed by atoms with E-state index in [0.29, 0.717) is 5.70 Å². The number of aliphatic imine (C=N–C) groups is 3. The number of rotatable bonds is 0. The molecule has 0 radical (unpaired) electrons. The smallest absolute Gasteiger partial charge is 0.175 e. The average Bonchev–Trinajstić information content (AvgIpc) is 2.82. The minimum Gasteiger partial charge on any atom is -0.359 e. The first kappa shape index (κ1) is 20.8. The van der Waals surface area contributed by atoms with Crippen molar-refractivity contribution in [2.75, 3.05) is 14.1 Å². The molecular formula is C21H12N12. The van der Waals surface area contributed by atoms with E-state index in [2.05, 4.69) is 20.3 Å². The predicted octanol–water partition coefficient (Wildman–Crippen LogP) is 0.0892. The van der Waals surface area contributed by atoms with Gasteiger partial charge in [-0.15, -0.1) is 0 Å². The molecule has 0 bridgehead atoms. The van der Waals surface area contributed by atoms with Gasteiger partial charge < -0.3 is 15.1 Å². The van der Waals surface area contributed by atoms with Gasteiger partial charge in [0.15, 0.2) is 34.4 Å². The Hall–Kier alpha value is -5.43. The number of likely N-dealkylation sites (N-methyl/N-ethyl adjacent to an activating group) is 1. The molecule has 0 fully saturated rings. The summed E-state index contributed by atoms with van der Waals surface area (Å²) >= 11 is 0. The van der Waals surface area contributed by atoms with Crippen molar-refractivity contribution in [3.8, 4) is 36.4 Å². The standard InChI is InChI=1S/C21H12N12/c1-21(9-27)14(8-26)30-17-15(31-21)16-19(32(2)12(6-24)10(4-22)28-16)18-20(17)33(3)13(7-25)11(5-23)29-18/h12,20,31H,1-3H3. The molecule has 0 spiro atoms. The van der Waals surface area contributed by atoms with Crippen LogP contribution in [0.15, 0.2) is 49.2 Å². The molecule has 12 heteroatoms. The molecule has 1 aliphatic carbocycles. The topological polar surface area (TPSA) is 198 Å². The Morgan fingerprint density at radius 2 is 1.64 bits per heavy atom. The number of nitrogens with one attached hydrogen (secondary N) is 1. The first-order valence-corrected chi connectivity index (χ1v) is 9.45. The van der Waals surface area contributed by atoms with Gasteiger partial charge in [-0.3, -0.25) is 0 Å². The lowest BCUT2D eigenvalue weighted by Crippen LogP contribution is -2.57. The first-order valence-electron chi connectivity index (χ1n) is 9.45. The van der Waals surface area contributed by atoms with Crippen LogP contribution in [0.1, 0.15) is 6.92 Å². The monoisotopic (exact) mass is 432 g/mol. The van der Waals surface area contributed by atoms with Gasteiger partial charge in [-0.1, -0.05) is 0 Å². The van der Waals surface area contributed by atoms with E-state index in [4.69, 9.17) is 0 Å². The number of fused-ring (bicyclic) bond motifs is 4. The third-order valence-corrected chi connectivity index (χ3v) is 5.76. The van der Waals surface area contributed by atoms with Gasteiger partial charge in [-0.2, -0.15) is 31.6 Å². The number of nitrogens with zero attached hydrogens (tertiary/aromatic N) is 11. The van der Waals surface area contributed by atoms with Crippen molar-refractivity contribution in [2.24, 2.45) is 15.0 Å². The Labute approximate surface area is 188 Å². The van der Waals surface area contributed by atoms with Crippen LogP contribution < -0.4 is 5.32 Å². The van der Waals surface area contributed by atoms with E-state index in [0.717, 1.165) is 0 Å². The molecule has 4 aliphatic rings. The van der Waals surface area contributed by atoms with Crippen molar-refractivity contribution < 1.29 is 0 Å². The zero-order valence-corrected chi connectivity index (χ0v) is 17.6. The zero-order valence-electron chi connectivity index (χ0n) is 17.6. The second-order valence-corrected chi connectivity index (χ2v) is 7.57. The van der Waals surface area contributed by atoms with Crippen LogP contribution in [0.5, 0.6) is 0 Å². The average molecular weight is 432 g/mol. The lowest BCUT2D eigenvalue weighted by atomic mass is 9.85. The molecule has 3 heterocycles. The van der Waals surface area contributed by atoms with E-state index in [9.17, 15) is 31.6 Å². The van der Waals surface area contributed by atoms with Crippen LogP contribution in [-0.4, -0.2) is 58.7 Å². The third-order valence-electron chi connectivity index (χ3n) is 5.76. The highest BCUT2D eigenvalue weighted by molar-refractivity contribution is 6.16. The van der Waals surface area contributed by atoms with Crippen LogP contribution in [0.2, 0.25) is 0 Å². The molecule has 12 nitrogen and oxygen atoms in total. The lowest BCUT2D eigenvalue weighted by Gasteiger charge is -2.45. The number of allylic oxidation sites excluding steroid dienone is 2. The van der Waals surface area contributed by atoms with Crippen LogP contribution in [0.3, 0.4) is 0 Å². The van der Waals surface area contributed by atoms with E-state index in [1.165, 1.54) is 16.7 Å². The highest BCUT2D eigenvalue weighted by Crippen LogP contribution is 2.42. The second-order valence-electron chi connectivity index (χ2n) is 7.57. The molecule has 0 saturated carbocycles. The maximum absolute atomic E-state index is 9.75. The van der Waals surface area contributed by atoms with Crippen molar-refractivity contribution >= 4 is 17.1 Å². The number of hydrogen-bond donors (Lipinski definition) is 1. The minimum atomic E-state index is -1.48. The van der Waals surface area contributed by atoms with Gasteiger partial charge in [0, 0.05) is 14.1 Å². The minimum absolute atomic E-state index is 0.000914. The quantitative estimate of drug-likeness (QED) is 0.551. The highest BCUT2D eigenvalue weighted by Gasteiger charge is 2.49. The van der Waals surface area contributed by atoms with Crippen molar-refractivity contribution in [3.63, 3.8) is 0 Å². The summed E-state index contributed by atoms with van der Waals surface area (Å²) in [5.74, 6) is 0. The Morgan fingerprint density at radius 3 is 2.18 bits per heavy atom. The molecule has 3 aliphatic heterocycles. The van der Waals surface area contributed by atoms with Gasteiger partial charge in [0.05, 0.1) is 34.9 Å². The molecular weight excluding hydrogens is 420 g/mol. The molecule has 0 saturated heterocycles. The molecule has 0 aromatic heterocycles. The first-order chi connectivity index (χ1) is 15.8. The summed E-state index contributed by atoms with van der Waals surface area (Å²) in [6.07, 6.45) is 0. The molecule has 3 atom stereocenters. The van der Waals surface area contributed by atoms with Crippen LogP contribution >= 0.6 is 0 Å². The Bertz CT molecular complexity index is 1460. The van der Waals surface area contributed by atoms with Crippen molar-refractivity contribution in [3.05, 3.63) is 34.2 Å². The fourth-order valence-corrected chi connectivity index (χ4v) is 4.10. The normalized spacial score (nSPS) is 27.5. The SMILES string of the molecule is CN1C2=C(N=C(C#N)C1C#N)C1=C(N=C(C#N)C(C)(C#N)N1)C1C2=NC(C#N)=C(C#N)N1C. The van der Waals surface area contributed by atoms with Gasteiger partial charge in [-0.25, -0.2) is 15.0 Å². The molecule has 1 N–H and O–H groups in total. The second kappa shape index (κ2) is 7.07. The summed E-state index contributed by atoms with van der Waals surface area (Å²) in [7, 11) is 3.17. The van der Waals surface area contributed by atoms with Crippen LogP contribution in [0.4, 0.5) is 0 Å². The predicted molar refractivity (Wildman–Crippen MR) is 112 cm³/mol. The lowest BCUT2D eigenvalue weighted by molar-refractivity contribution is 0.374. The molecule has 3 unspecified atom stereocenters. The largest absolute Gasteiger partial charge is 0.359 e. The van der Waals surface area contributed by atoms with Crippen LogP contribution in [0.25, 0.3) is 0 Å². The fourth-order valence-electron chi connectivity index (χ4n) is 4.10. The summed E-state index contributed by atoms with van der Waals surface area (Å²) in [4.78, 5) is 16.3. The highest BCUT2D eigenvalue weighted by atomic mass is 15.3. The number of nitriles is 6. The van der Waals surface area contributed by atoms with E-state index in [1.54, 1.807) is 14.1 Å². The summed E-state index contributed by atoms with van der Waals surface area (Å²) in [6, 6.07) is 9.99. The van der Waals surface area contributed by atoms with Gasteiger partial charge in [0.25, 0.3) is 0 Å². The van der Waals surface area contributed by atoms with E-state index in [1.807, 2.05) is 36.4 Å². The van der Waals surface area contributed by atoms with Crippen molar-refractivity contribution in [2.45, 2.75) is 24.5 Å². The van der Waals surface area contributed by atoms with Gasteiger partial charge in [-0.05, 0) is 6.92 Å². The summed E-state index contributed by atoms with van der Waals surface area (Å²) in [5, 5.41) is 60.9. The van der Waals surface area contributed by atoms with Crippen molar-refractivity contribution in [1.29, 1.82) is 31.6 Å². The summed E-state index contributed by atoms with van der Waals surface area (Å²) < 4.78 is 0. The fraction of sp³-hybridized carbons (Fsp3) is 0.286. The maximum atomic E-state index is 9.75. The molecule has 4 rings (SSSR count). The summed E-state index contributed by atoms with van der Waals surface area (Å²) in [5.41, 5.74) is -0.402. The Balaban J connectivity index is 2.12. The Kier molecular flexibility index (Phi) is 4.46. The molecule has 33 heavy (non-hydrogen) atoms. The van der Waals surface area contributed by atoms with E-state index < -0.39 is 17.6 Å². The summed E-state index contributed by atoms with van der Waals surface area (Å²) in [6.45, 7) is 1.49. The maximum Gasteiger partial charge on any atom is 0.175 e. The van der Waals surface area contributed by atoms with Gasteiger partial charge in [0.1, 0.15) is 36.0 Å². The third kappa shape index (κ3) is 2.60. The molecule has 156 valence electrons. The van der Waals surface area contributed by atoms with Gasteiger partial charge in [0.2, 0.25) is 0 Å². The van der Waals surface area contributed by atoms with Crippen LogP contribution in [-0.2, 0) is 0 Å². The Morgan fingerprint density at radius 1 is 0.909 bits per heavy atom. The van der Waals surface area contributed by atoms with Gasteiger partial charge >= 0.3 is 0 Å². The van der Waals surface area contributed by atoms with E-state index in [-0.39, 0.29) is 45.6 Å². The number of hydrogen-bond acceptors (Lipinski definition) is 12. The molecule has 0 amide bonds. The van der Waals surface area contributed by atoms with Crippen LogP contribution in [0, 0.1) is 68.0 Å². The zero-order chi connectivity index (χ0) is 24.1. The molecule has 0 aromatic rings.